The number of methoxy groups -OCH3 is 1. The first kappa shape index (κ1) is 21.9. The number of hydrogen-bond donors (Lipinski definition) is 1. The predicted octanol–water partition coefficient (Wildman–Crippen LogP) is 4.88. The van der Waals surface area contributed by atoms with E-state index in [9.17, 15) is 14.9 Å². The van der Waals surface area contributed by atoms with Crippen LogP contribution in [0.1, 0.15) is 29.0 Å². The summed E-state index contributed by atoms with van der Waals surface area (Å²) in [5.41, 5.74) is 4.82. The lowest BCUT2D eigenvalue weighted by Gasteiger charge is -2.14. The van der Waals surface area contributed by atoms with E-state index in [1.807, 2.05) is 24.3 Å². The number of nitrogens with one attached hydrogen (secondary N) is 1. The number of nitro groups is 1. The molecular weight excluding hydrogens is 420 g/mol. The van der Waals surface area contributed by atoms with E-state index >= 15 is 0 Å². The van der Waals surface area contributed by atoms with Crippen molar-refractivity contribution in [1.29, 1.82) is 0 Å². The molecule has 4 rings (SSSR count). The zero-order valence-corrected chi connectivity index (χ0v) is 18.0. The van der Waals surface area contributed by atoms with Gasteiger partial charge < -0.3 is 14.8 Å². The highest BCUT2D eigenvalue weighted by molar-refractivity contribution is 5.79. The van der Waals surface area contributed by atoms with Crippen LogP contribution in [0.4, 0.5) is 10.5 Å². The Labute approximate surface area is 191 Å². The van der Waals surface area contributed by atoms with E-state index in [0.717, 1.165) is 11.1 Å². The Hall–Kier alpha value is -4.31. The fourth-order valence-electron chi connectivity index (χ4n) is 3.93. The highest BCUT2D eigenvalue weighted by Gasteiger charge is 2.28. The molecule has 1 aliphatic carbocycles. The molecule has 33 heavy (non-hydrogen) atoms. The molecule has 7 heteroatoms. The third kappa shape index (κ3) is 4.80. The van der Waals surface area contributed by atoms with Crippen molar-refractivity contribution in [2.24, 2.45) is 0 Å². The van der Waals surface area contributed by atoms with Crippen molar-refractivity contribution in [2.45, 2.75) is 12.3 Å². The van der Waals surface area contributed by atoms with Crippen molar-refractivity contribution < 1.29 is 19.2 Å². The molecule has 0 unspecified atom stereocenters. The Morgan fingerprint density at radius 2 is 1.73 bits per heavy atom. The largest absolute Gasteiger partial charge is 0.497 e. The number of nitrogens with zero attached hydrogens (tertiary/aromatic N) is 1. The van der Waals surface area contributed by atoms with Gasteiger partial charge in [0.2, 0.25) is 0 Å². The number of carbonyl (C=O) groups is 1. The SMILES string of the molecule is COc1ccc(C#CCCNC(=O)OCC2c3ccccc3-c3ccccc32)c([N+](=O)[O-])c1. The molecule has 0 heterocycles. The van der Waals surface area contributed by atoms with Gasteiger partial charge in [-0.1, -0.05) is 60.4 Å². The number of rotatable bonds is 6. The molecule has 0 aromatic heterocycles. The van der Waals surface area contributed by atoms with Gasteiger partial charge in [-0.2, -0.15) is 0 Å². The second-order valence-corrected chi connectivity index (χ2v) is 7.44. The van der Waals surface area contributed by atoms with Gasteiger partial charge in [-0.25, -0.2) is 4.79 Å². The predicted molar refractivity (Wildman–Crippen MR) is 124 cm³/mol. The Balaban J connectivity index is 1.30. The van der Waals surface area contributed by atoms with Crippen molar-refractivity contribution >= 4 is 11.8 Å². The molecule has 0 saturated carbocycles. The maximum absolute atomic E-state index is 12.2. The molecule has 0 radical (unpaired) electrons. The maximum atomic E-state index is 12.2. The van der Waals surface area contributed by atoms with E-state index < -0.39 is 11.0 Å². The van der Waals surface area contributed by atoms with Gasteiger partial charge in [0.15, 0.2) is 0 Å². The molecule has 166 valence electrons. The van der Waals surface area contributed by atoms with Crippen LogP contribution in [0.2, 0.25) is 0 Å². The van der Waals surface area contributed by atoms with E-state index in [1.54, 1.807) is 12.1 Å². The van der Waals surface area contributed by atoms with Crippen LogP contribution in [0.5, 0.6) is 5.75 Å². The van der Waals surface area contributed by atoms with Gasteiger partial charge in [0, 0.05) is 18.9 Å². The van der Waals surface area contributed by atoms with Crippen LogP contribution in [0, 0.1) is 22.0 Å². The Kier molecular flexibility index (Phi) is 6.56. The molecule has 0 atom stereocenters. The minimum absolute atomic E-state index is 0.00133. The van der Waals surface area contributed by atoms with Gasteiger partial charge in [-0.3, -0.25) is 10.1 Å². The van der Waals surface area contributed by atoms with Crippen LogP contribution in [0.3, 0.4) is 0 Å². The highest BCUT2D eigenvalue weighted by atomic mass is 16.6. The van der Waals surface area contributed by atoms with Gasteiger partial charge in [0.25, 0.3) is 5.69 Å². The molecule has 0 saturated heterocycles. The van der Waals surface area contributed by atoms with Gasteiger partial charge in [-0.15, -0.1) is 0 Å². The summed E-state index contributed by atoms with van der Waals surface area (Å²) in [6, 6.07) is 20.8. The first-order valence-electron chi connectivity index (χ1n) is 10.5. The van der Waals surface area contributed by atoms with E-state index in [-0.39, 0.29) is 24.8 Å². The topological polar surface area (TPSA) is 90.7 Å². The summed E-state index contributed by atoms with van der Waals surface area (Å²) in [6.07, 6.45) is -0.193. The normalized spacial score (nSPS) is 11.5. The molecular formula is C26H22N2O5. The minimum atomic E-state index is -0.519. The summed E-state index contributed by atoms with van der Waals surface area (Å²) in [6.45, 7) is 0.511. The van der Waals surface area contributed by atoms with Crippen LogP contribution in [-0.4, -0.2) is 31.3 Å². The number of alkyl carbamates (subject to hydrolysis) is 1. The summed E-state index contributed by atoms with van der Waals surface area (Å²) in [4.78, 5) is 22.9. The van der Waals surface area contributed by atoms with Crippen LogP contribution >= 0.6 is 0 Å². The zero-order chi connectivity index (χ0) is 23.2. The van der Waals surface area contributed by atoms with E-state index in [2.05, 4.69) is 41.4 Å². The second kappa shape index (κ2) is 9.88. The minimum Gasteiger partial charge on any atom is -0.497 e. The van der Waals surface area contributed by atoms with Gasteiger partial charge in [-0.05, 0) is 34.4 Å². The highest BCUT2D eigenvalue weighted by Crippen LogP contribution is 2.44. The zero-order valence-electron chi connectivity index (χ0n) is 18.0. The number of ether oxygens (including phenoxy) is 2. The van der Waals surface area contributed by atoms with Crippen molar-refractivity contribution in [3.63, 3.8) is 0 Å². The third-order valence-corrected chi connectivity index (χ3v) is 5.49. The number of hydrogen-bond acceptors (Lipinski definition) is 5. The van der Waals surface area contributed by atoms with E-state index in [0.29, 0.717) is 17.7 Å². The smallest absolute Gasteiger partial charge is 0.407 e. The molecule has 1 amide bonds. The maximum Gasteiger partial charge on any atom is 0.407 e. The van der Waals surface area contributed by atoms with Crippen molar-refractivity contribution in [2.75, 3.05) is 20.3 Å². The summed E-state index contributed by atoms with van der Waals surface area (Å²) >= 11 is 0. The Morgan fingerprint density at radius 3 is 2.36 bits per heavy atom. The molecule has 0 aliphatic heterocycles. The number of benzene rings is 3. The van der Waals surface area contributed by atoms with Gasteiger partial charge in [0.05, 0.1) is 18.1 Å². The van der Waals surface area contributed by atoms with Crippen LogP contribution in [0.25, 0.3) is 11.1 Å². The lowest BCUT2D eigenvalue weighted by molar-refractivity contribution is -0.385. The number of fused-ring (bicyclic) bond motifs is 3. The van der Waals surface area contributed by atoms with Crippen molar-refractivity contribution in [3.05, 3.63) is 93.5 Å². The van der Waals surface area contributed by atoms with Crippen molar-refractivity contribution in [3.8, 4) is 28.7 Å². The van der Waals surface area contributed by atoms with Gasteiger partial charge in [0.1, 0.15) is 17.9 Å². The summed E-state index contributed by atoms with van der Waals surface area (Å²) in [5.74, 6) is 6.02. The van der Waals surface area contributed by atoms with Crippen LogP contribution in [0.15, 0.2) is 66.7 Å². The van der Waals surface area contributed by atoms with E-state index in [4.69, 9.17) is 9.47 Å². The summed E-state index contributed by atoms with van der Waals surface area (Å²) in [7, 11) is 1.44. The Morgan fingerprint density at radius 1 is 1.06 bits per heavy atom. The summed E-state index contributed by atoms with van der Waals surface area (Å²) < 4.78 is 10.5. The van der Waals surface area contributed by atoms with Gasteiger partial charge >= 0.3 is 6.09 Å². The average molecular weight is 442 g/mol. The Bertz CT molecular complexity index is 1210. The van der Waals surface area contributed by atoms with Crippen molar-refractivity contribution in [1.82, 2.24) is 5.32 Å². The first-order chi connectivity index (χ1) is 16.1. The third-order valence-electron chi connectivity index (χ3n) is 5.49. The quantitative estimate of drug-likeness (QED) is 0.254. The number of carbonyl (C=O) groups excluding carboxylic acids is 1. The molecule has 0 bridgehead atoms. The monoisotopic (exact) mass is 442 g/mol. The summed E-state index contributed by atoms with van der Waals surface area (Å²) in [5, 5.41) is 13.9. The number of amides is 1. The molecule has 7 nitrogen and oxygen atoms in total. The van der Waals surface area contributed by atoms with Crippen LogP contribution in [-0.2, 0) is 4.74 Å². The fourth-order valence-corrected chi connectivity index (χ4v) is 3.93. The fraction of sp³-hybridized carbons (Fsp3) is 0.192. The second-order valence-electron chi connectivity index (χ2n) is 7.44. The average Bonchev–Trinajstić information content (AvgIpc) is 3.16. The van der Waals surface area contributed by atoms with Crippen LogP contribution < -0.4 is 10.1 Å². The van der Waals surface area contributed by atoms with E-state index in [1.165, 1.54) is 24.3 Å². The lowest BCUT2D eigenvalue weighted by atomic mass is 9.98. The molecule has 0 fully saturated rings. The molecule has 1 N–H and O–H groups in total. The molecule has 3 aromatic carbocycles. The standard InChI is InChI=1S/C26H22N2O5/c1-32-19-14-13-18(25(16-19)28(30)31)8-6-7-15-27-26(29)33-17-24-22-11-4-2-9-20(22)21-10-3-5-12-23(21)24/h2-5,9-14,16,24H,7,15,17H2,1H3,(H,27,29). The first-order valence-corrected chi connectivity index (χ1v) is 10.5. The molecule has 3 aromatic rings. The number of nitro benzene ring substituents is 1. The molecule has 0 spiro atoms. The lowest BCUT2D eigenvalue weighted by Crippen LogP contribution is -2.26. The molecule has 1 aliphatic rings.